The summed E-state index contributed by atoms with van der Waals surface area (Å²) >= 11 is 0. The molecule has 1 fully saturated rings. The lowest BCUT2D eigenvalue weighted by Crippen LogP contribution is -2.31. The summed E-state index contributed by atoms with van der Waals surface area (Å²) in [6.07, 6.45) is 9.09. The van der Waals surface area contributed by atoms with Gasteiger partial charge in [-0.05, 0) is 30.9 Å². The Bertz CT molecular complexity index is 947. The molecule has 1 aliphatic carbocycles. The summed E-state index contributed by atoms with van der Waals surface area (Å²) in [4.78, 5) is 25.7. The van der Waals surface area contributed by atoms with E-state index in [1.165, 1.54) is 0 Å². The number of amides is 1. The van der Waals surface area contributed by atoms with E-state index in [4.69, 9.17) is 4.74 Å². The zero-order valence-corrected chi connectivity index (χ0v) is 15.3. The Balaban J connectivity index is 1.53. The van der Waals surface area contributed by atoms with Gasteiger partial charge in [-0.3, -0.25) is 4.79 Å². The highest BCUT2D eigenvalue weighted by atomic mass is 16.5. The van der Waals surface area contributed by atoms with Crippen LogP contribution in [-0.4, -0.2) is 32.5 Å². The lowest BCUT2D eigenvalue weighted by Gasteiger charge is -2.18. The average molecular weight is 363 g/mol. The number of hydrogen-bond donors (Lipinski definition) is 1. The minimum Gasteiger partial charge on any atom is -0.479 e. The number of methoxy groups -OCH3 is 1. The normalized spacial score (nSPS) is 14.6. The van der Waals surface area contributed by atoms with Crippen LogP contribution in [0.4, 0.5) is 0 Å². The largest absolute Gasteiger partial charge is 0.479 e. The highest BCUT2D eigenvalue weighted by Crippen LogP contribution is 2.40. The first kappa shape index (κ1) is 17.2. The van der Waals surface area contributed by atoms with Gasteiger partial charge in [0.15, 0.2) is 0 Å². The number of ether oxygens (including phenoxy) is 1. The summed E-state index contributed by atoms with van der Waals surface area (Å²) in [5.41, 5.74) is 2.09. The van der Waals surface area contributed by atoms with Crippen LogP contribution >= 0.6 is 0 Å². The molecule has 1 amide bonds. The topological polar surface area (TPSA) is 81.9 Å². The zero-order valence-electron chi connectivity index (χ0n) is 15.3. The minimum atomic E-state index is -0.104. The number of hydrogen-bond acceptors (Lipinski definition) is 5. The molecule has 0 aliphatic heterocycles. The van der Waals surface area contributed by atoms with Crippen LogP contribution in [0, 0.1) is 5.92 Å². The molecule has 1 aromatic carbocycles. The van der Waals surface area contributed by atoms with Gasteiger partial charge in [-0.15, -0.1) is 0 Å². The summed E-state index contributed by atoms with van der Waals surface area (Å²) in [6, 6.07) is 7.24. The summed E-state index contributed by atoms with van der Waals surface area (Å²) in [5, 5.41) is 3.15. The van der Waals surface area contributed by atoms with Gasteiger partial charge in [0.1, 0.15) is 11.5 Å². The van der Waals surface area contributed by atoms with Crippen LogP contribution in [0.25, 0.3) is 11.3 Å². The third-order valence-electron chi connectivity index (χ3n) is 4.80. The Morgan fingerprint density at radius 1 is 1.15 bits per heavy atom. The van der Waals surface area contributed by atoms with Gasteiger partial charge in [0.25, 0.3) is 5.91 Å². The number of rotatable bonds is 6. The minimum absolute atomic E-state index is 0.0581. The molecule has 1 saturated carbocycles. The fourth-order valence-electron chi connectivity index (χ4n) is 3.18. The van der Waals surface area contributed by atoms with Crippen molar-refractivity contribution in [2.75, 3.05) is 7.11 Å². The number of aromatic nitrogens is 4. The van der Waals surface area contributed by atoms with E-state index in [9.17, 15) is 4.79 Å². The van der Waals surface area contributed by atoms with Crippen molar-refractivity contribution in [3.05, 3.63) is 60.4 Å². The molecule has 7 heteroatoms. The standard InChI is InChI=1S/C20H21N5O2/c1-25-12-11-22-18(25)16(13-3-4-13)24-19(26)15-7-5-14(6-8-15)17-20(27-2)23-10-9-21-17/h5-13,16H,3-4H2,1-2H3,(H,24,26)/t16-/m1/s1. The van der Waals surface area contributed by atoms with Crippen LogP contribution in [0.3, 0.4) is 0 Å². The predicted octanol–water partition coefficient (Wildman–Crippen LogP) is 2.77. The van der Waals surface area contributed by atoms with E-state index in [1.54, 1.807) is 37.8 Å². The Labute approximate surface area is 157 Å². The molecule has 4 rings (SSSR count). The average Bonchev–Trinajstić information content (AvgIpc) is 3.47. The molecule has 7 nitrogen and oxygen atoms in total. The fourth-order valence-corrected chi connectivity index (χ4v) is 3.18. The molecule has 2 heterocycles. The zero-order chi connectivity index (χ0) is 18.8. The smallest absolute Gasteiger partial charge is 0.251 e. The van der Waals surface area contributed by atoms with Crippen molar-refractivity contribution >= 4 is 5.91 Å². The number of carbonyl (C=O) groups is 1. The molecule has 1 atom stereocenters. The van der Waals surface area contributed by atoms with Gasteiger partial charge in [-0.25, -0.2) is 15.0 Å². The van der Waals surface area contributed by atoms with Gasteiger partial charge in [-0.1, -0.05) is 12.1 Å². The summed E-state index contributed by atoms with van der Waals surface area (Å²) in [7, 11) is 3.51. The van der Waals surface area contributed by atoms with E-state index < -0.39 is 0 Å². The summed E-state index contributed by atoms with van der Waals surface area (Å²) in [6.45, 7) is 0. The predicted molar refractivity (Wildman–Crippen MR) is 100 cm³/mol. The van der Waals surface area contributed by atoms with E-state index in [0.29, 0.717) is 23.1 Å². The molecule has 1 aliphatic rings. The second-order valence-corrected chi connectivity index (χ2v) is 6.68. The van der Waals surface area contributed by atoms with Gasteiger partial charge < -0.3 is 14.6 Å². The molecule has 27 heavy (non-hydrogen) atoms. The van der Waals surface area contributed by atoms with Gasteiger partial charge in [0.2, 0.25) is 5.88 Å². The second kappa shape index (κ2) is 7.19. The number of nitrogens with one attached hydrogen (secondary N) is 1. The van der Waals surface area contributed by atoms with Crippen LogP contribution in [0.1, 0.15) is 35.1 Å². The quantitative estimate of drug-likeness (QED) is 0.728. The maximum atomic E-state index is 12.8. The van der Waals surface area contributed by atoms with Crippen molar-refractivity contribution in [2.45, 2.75) is 18.9 Å². The van der Waals surface area contributed by atoms with Crippen LogP contribution in [-0.2, 0) is 7.05 Å². The highest BCUT2D eigenvalue weighted by molar-refractivity contribution is 5.95. The first-order valence-corrected chi connectivity index (χ1v) is 8.91. The van der Waals surface area contributed by atoms with Gasteiger partial charge in [0, 0.05) is 43.0 Å². The van der Waals surface area contributed by atoms with Gasteiger partial charge in [-0.2, -0.15) is 0 Å². The monoisotopic (exact) mass is 363 g/mol. The van der Waals surface area contributed by atoms with E-state index in [-0.39, 0.29) is 11.9 Å². The number of imidazole rings is 1. The first-order valence-electron chi connectivity index (χ1n) is 8.91. The van der Waals surface area contributed by atoms with Crippen molar-refractivity contribution in [2.24, 2.45) is 13.0 Å². The van der Waals surface area contributed by atoms with Crippen molar-refractivity contribution in [3.8, 4) is 17.1 Å². The highest BCUT2D eigenvalue weighted by Gasteiger charge is 2.35. The van der Waals surface area contributed by atoms with Crippen LogP contribution in [0.2, 0.25) is 0 Å². The molecule has 0 unspecified atom stereocenters. The number of nitrogens with zero attached hydrogens (tertiary/aromatic N) is 4. The summed E-state index contributed by atoms with van der Waals surface area (Å²) in [5.74, 6) is 1.70. The number of carbonyl (C=O) groups excluding carboxylic acids is 1. The van der Waals surface area contributed by atoms with E-state index >= 15 is 0 Å². The van der Waals surface area contributed by atoms with Gasteiger partial charge >= 0.3 is 0 Å². The molecule has 1 N–H and O–H groups in total. The van der Waals surface area contributed by atoms with Crippen molar-refractivity contribution < 1.29 is 9.53 Å². The van der Waals surface area contributed by atoms with E-state index in [0.717, 1.165) is 24.2 Å². The molecule has 2 aromatic heterocycles. The summed E-state index contributed by atoms with van der Waals surface area (Å²) < 4.78 is 7.22. The van der Waals surface area contributed by atoms with Crippen LogP contribution in [0.15, 0.2) is 49.1 Å². The maximum absolute atomic E-state index is 12.8. The Morgan fingerprint density at radius 3 is 2.52 bits per heavy atom. The van der Waals surface area contributed by atoms with Crippen molar-refractivity contribution in [1.29, 1.82) is 0 Å². The molecular formula is C20H21N5O2. The molecule has 0 bridgehead atoms. The molecule has 138 valence electrons. The second-order valence-electron chi connectivity index (χ2n) is 6.68. The lowest BCUT2D eigenvalue weighted by atomic mass is 10.1. The Morgan fingerprint density at radius 2 is 1.89 bits per heavy atom. The molecule has 0 saturated heterocycles. The number of benzene rings is 1. The van der Waals surface area contributed by atoms with Crippen LogP contribution < -0.4 is 10.1 Å². The first-order chi connectivity index (χ1) is 13.2. The van der Waals surface area contributed by atoms with Gasteiger partial charge in [0.05, 0.1) is 13.2 Å². The SMILES string of the molecule is COc1nccnc1-c1ccc(C(=O)N[C@@H](c2nccn2C)C2CC2)cc1. The van der Waals surface area contributed by atoms with Crippen molar-refractivity contribution in [1.82, 2.24) is 24.8 Å². The molecular weight excluding hydrogens is 342 g/mol. The fraction of sp³-hybridized carbons (Fsp3) is 0.300. The molecule has 3 aromatic rings. The number of aryl methyl sites for hydroxylation is 1. The van der Waals surface area contributed by atoms with Crippen LogP contribution in [0.5, 0.6) is 5.88 Å². The van der Waals surface area contributed by atoms with Crippen molar-refractivity contribution in [3.63, 3.8) is 0 Å². The maximum Gasteiger partial charge on any atom is 0.251 e. The lowest BCUT2D eigenvalue weighted by molar-refractivity contribution is 0.0929. The third kappa shape index (κ3) is 3.53. The third-order valence-corrected chi connectivity index (χ3v) is 4.80. The molecule has 0 spiro atoms. The molecule has 0 radical (unpaired) electrons. The van der Waals surface area contributed by atoms with E-state index in [2.05, 4.69) is 20.3 Å². The van der Waals surface area contributed by atoms with E-state index in [1.807, 2.05) is 29.9 Å². The Hall–Kier alpha value is -3.22. The Kier molecular flexibility index (Phi) is 4.58.